The molecule has 0 saturated heterocycles. The van der Waals surface area contributed by atoms with E-state index in [-0.39, 0.29) is 17.4 Å². The molecule has 132 valence electrons. The molecule has 1 aromatic carbocycles. The van der Waals surface area contributed by atoms with Gasteiger partial charge < -0.3 is 15.9 Å². The van der Waals surface area contributed by atoms with E-state index >= 15 is 0 Å². The van der Waals surface area contributed by atoms with E-state index in [1.165, 1.54) is 24.4 Å². The molecule has 0 amide bonds. The van der Waals surface area contributed by atoms with Crippen LogP contribution in [0.5, 0.6) is 0 Å². The summed E-state index contributed by atoms with van der Waals surface area (Å²) >= 11 is 0. The van der Waals surface area contributed by atoms with E-state index in [9.17, 15) is 9.18 Å². The Kier molecular flexibility index (Phi) is 5.12. The summed E-state index contributed by atoms with van der Waals surface area (Å²) in [5.74, 6) is 0.975. The molecule has 0 aliphatic heterocycles. The van der Waals surface area contributed by atoms with Gasteiger partial charge in [-0.15, -0.1) is 0 Å². The molecule has 3 aromatic rings. The molecule has 0 fully saturated rings. The quantitative estimate of drug-likeness (QED) is 0.525. The average Bonchev–Trinajstić information content (AvgIpc) is 3.04. The minimum atomic E-state index is -0.300. The number of benzene rings is 1. The maximum atomic E-state index is 12.9. The summed E-state index contributed by atoms with van der Waals surface area (Å²) in [5.41, 5.74) is 13.3. The average molecular weight is 351 g/mol. The number of carbonyl (C=O) groups excluding carboxylic acids is 1. The van der Waals surface area contributed by atoms with Crippen LogP contribution in [0.2, 0.25) is 0 Å². The number of pyridine rings is 1. The van der Waals surface area contributed by atoms with Crippen molar-refractivity contribution in [1.29, 1.82) is 0 Å². The van der Waals surface area contributed by atoms with Crippen molar-refractivity contribution in [3.8, 4) is 0 Å². The van der Waals surface area contributed by atoms with Crippen molar-refractivity contribution >= 4 is 11.6 Å². The monoisotopic (exact) mass is 351 g/mol. The van der Waals surface area contributed by atoms with Crippen LogP contribution in [0.4, 0.5) is 10.2 Å². The highest BCUT2D eigenvalue weighted by Crippen LogP contribution is 2.16. The minimum Gasteiger partial charge on any atom is -0.465 e. The SMILES string of the molecule is NC(=CC(=O)c1cccnc1N)Cc1ccc(Cc2ccc(F)cc2)o1. The summed E-state index contributed by atoms with van der Waals surface area (Å²) in [6.45, 7) is 0. The van der Waals surface area contributed by atoms with E-state index < -0.39 is 0 Å². The van der Waals surface area contributed by atoms with Gasteiger partial charge in [-0.3, -0.25) is 4.79 Å². The first-order valence-corrected chi connectivity index (χ1v) is 8.04. The molecule has 0 saturated carbocycles. The number of ketones is 1. The van der Waals surface area contributed by atoms with Crippen molar-refractivity contribution in [2.45, 2.75) is 12.8 Å². The van der Waals surface area contributed by atoms with E-state index in [0.29, 0.717) is 29.9 Å². The van der Waals surface area contributed by atoms with Gasteiger partial charge in [0.05, 0.1) is 5.56 Å². The number of nitrogens with two attached hydrogens (primary N) is 2. The Balaban J connectivity index is 1.65. The number of nitrogens with zero attached hydrogens (tertiary/aromatic N) is 1. The lowest BCUT2D eigenvalue weighted by Gasteiger charge is -2.02. The maximum absolute atomic E-state index is 12.9. The van der Waals surface area contributed by atoms with E-state index in [4.69, 9.17) is 15.9 Å². The van der Waals surface area contributed by atoms with Crippen LogP contribution in [0.1, 0.15) is 27.4 Å². The van der Waals surface area contributed by atoms with Gasteiger partial charge in [0.1, 0.15) is 23.2 Å². The fourth-order valence-electron chi connectivity index (χ4n) is 2.54. The molecule has 0 atom stereocenters. The molecule has 4 N–H and O–H groups in total. The number of anilines is 1. The van der Waals surface area contributed by atoms with Gasteiger partial charge in [-0.25, -0.2) is 9.37 Å². The van der Waals surface area contributed by atoms with Crippen LogP contribution >= 0.6 is 0 Å². The fraction of sp³-hybridized carbons (Fsp3) is 0.100. The molecule has 0 spiro atoms. The highest BCUT2D eigenvalue weighted by molar-refractivity contribution is 6.07. The lowest BCUT2D eigenvalue weighted by Crippen LogP contribution is -2.08. The zero-order chi connectivity index (χ0) is 18.5. The first-order valence-electron chi connectivity index (χ1n) is 8.04. The predicted octanol–water partition coefficient (Wildman–Crippen LogP) is 3.25. The molecular formula is C20H18FN3O2. The standard InChI is InChI=1S/C20H18FN3O2/c21-14-5-3-13(4-6-14)10-16-7-8-17(26-16)11-15(22)12-19(25)18-2-1-9-24-20(18)23/h1-9,12H,10-11,22H2,(H2,23,24). The highest BCUT2D eigenvalue weighted by atomic mass is 19.1. The van der Waals surface area contributed by atoms with Gasteiger partial charge in [-0.05, 0) is 42.0 Å². The predicted molar refractivity (Wildman–Crippen MR) is 96.9 cm³/mol. The maximum Gasteiger partial charge on any atom is 0.191 e. The lowest BCUT2D eigenvalue weighted by atomic mass is 10.1. The molecule has 6 heteroatoms. The van der Waals surface area contributed by atoms with Crippen LogP contribution in [0, 0.1) is 5.82 Å². The summed E-state index contributed by atoms with van der Waals surface area (Å²) in [6, 6.07) is 13.1. The van der Waals surface area contributed by atoms with Crippen LogP contribution < -0.4 is 11.5 Å². The van der Waals surface area contributed by atoms with Crippen molar-refractivity contribution in [3.05, 3.63) is 95.0 Å². The number of nitrogen functional groups attached to an aromatic ring is 1. The van der Waals surface area contributed by atoms with Gasteiger partial charge >= 0.3 is 0 Å². The Morgan fingerprint density at radius 1 is 1.12 bits per heavy atom. The second kappa shape index (κ2) is 7.65. The van der Waals surface area contributed by atoms with Gasteiger partial charge in [0, 0.05) is 30.8 Å². The molecular weight excluding hydrogens is 333 g/mol. The van der Waals surface area contributed by atoms with Crippen LogP contribution in [0.25, 0.3) is 0 Å². The highest BCUT2D eigenvalue weighted by Gasteiger charge is 2.10. The van der Waals surface area contributed by atoms with Gasteiger partial charge in [0.15, 0.2) is 5.78 Å². The van der Waals surface area contributed by atoms with E-state index in [0.717, 1.165) is 11.3 Å². The van der Waals surface area contributed by atoms with Gasteiger partial charge in [0.2, 0.25) is 0 Å². The van der Waals surface area contributed by atoms with Crippen molar-refractivity contribution < 1.29 is 13.6 Å². The summed E-state index contributed by atoms with van der Waals surface area (Å²) in [4.78, 5) is 16.1. The Labute approximate surface area is 150 Å². The van der Waals surface area contributed by atoms with Gasteiger partial charge in [-0.2, -0.15) is 0 Å². The molecule has 3 rings (SSSR count). The zero-order valence-electron chi connectivity index (χ0n) is 14.0. The number of hydrogen-bond donors (Lipinski definition) is 2. The van der Waals surface area contributed by atoms with Crippen molar-refractivity contribution in [1.82, 2.24) is 4.98 Å². The number of rotatable bonds is 6. The molecule has 0 aliphatic rings. The second-order valence-electron chi connectivity index (χ2n) is 5.87. The Hall–Kier alpha value is -3.41. The summed E-state index contributed by atoms with van der Waals surface area (Å²) < 4.78 is 18.7. The lowest BCUT2D eigenvalue weighted by molar-refractivity contribution is 0.104. The number of carbonyl (C=O) groups is 1. The summed E-state index contributed by atoms with van der Waals surface area (Å²) in [5, 5.41) is 0. The number of allylic oxidation sites excluding steroid dienone is 2. The van der Waals surface area contributed by atoms with Crippen molar-refractivity contribution in [3.63, 3.8) is 0 Å². The zero-order valence-corrected chi connectivity index (χ0v) is 14.0. The second-order valence-corrected chi connectivity index (χ2v) is 5.87. The van der Waals surface area contributed by atoms with Gasteiger partial charge in [-0.1, -0.05) is 12.1 Å². The number of furan rings is 1. The van der Waals surface area contributed by atoms with Crippen molar-refractivity contribution in [2.75, 3.05) is 5.73 Å². The summed E-state index contributed by atoms with van der Waals surface area (Å²) in [7, 11) is 0. The molecule has 5 nitrogen and oxygen atoms in total. The van der Waals surface area contributed by atoms with E-state index in [1.807, 2.05) is 12.1 Å². The van der Waals surface area contributed by atoms with E-state index in [1.54, 1.807) is 24.3 Å². The minimum absolute atomic E-state index is 0.168. The molecule has 2 aromatic heterocycles. The number of hydrogen-bond acceptors (Lipinski definition) is 5. The normalized spacial score (nSPS) is 11.5. The largest absolute Gasteiger partial charge is 0.465 e. The third-order valence-corrected chi connectivity index (χ3v) is 3.81. The Morgan fingerprint density at radius 2 is 1.85 bits per heavy atom. The Bertz CT molecular complexity index is 946. The Morgan fingerprint density at radius 3 is 2.58 bits per heavy atom. The smallest absolute Gasteiger partial charge is 0.191 e. The van der Waals surface area contributed by atoms with E-state index in [2.05, 4.69) is 4.98 Å². The number of halogens is 1. The van der Waals surface area contributed by atoms with Crippen LogP contribution in [0.15, 0.2) is 70.9 Å². The van der Waals surface area contributed by atoms with Crippen LogP contribution in [-0.4, -0.2) is 10.8 Å². The van der Waals surface area contributed by atoms with Gasteiger partial charge in [0.25, 0.3) is 0 Å². The molecule has 0 unspecified atom stereocenters. The van der Waals surface area contributed by atoms with Crippen LogP contribution in [-0.2, 0) is 12.8 Å². The number of aromatic nitrogens is 1. The third-order valence-electron chi connectivity index (χ3n) is 3.81. The van der Waals surface area contributed by atoms with Crippen molar-refractivity contribution in [2.24, 2.45) is 5.73 Å². The molecule has 2 heterocycles. The fourth-order valence-corrected chi connectivity index (χ4v) is 2.54. The topological polar surface area (TPSA) is 95.1 Å². The molecule has 0 aliphatic carbocycles. The summed E-state index contributed by atoms with van der Waals surface area (Å²) in [6.07, 6.45) is 3.70. The van der Waals surface area contributed by atoms with Crippen LogP contribution in [0.3, 0.4) is 0 Å². The molecule has 0 radical (unpaired) electrons. The molecule has 0 bridgehead atoms. The molecule has 26 heavy (non-hydrogen) atoms. The first kappa shape index (κ1) is 17.4. The first-order chi connectivity index (χ1) is 12.5. The third kappa shape index (κ3) is 4.36.